The zero-order valence-electron chi connectivity index (χ0n) is 15.5. The monoisotopic (exact) mass is 422 g/mol. The highest BCUT2D eigenvalue weighted by molar-refractivity contribution is 7.92. The lowest BCUT2D eigenvalue weighted by molar-refractivity contribution is -0.124. The number of halogens is 2. The lowest BCUT2D eigenvalue weighted by Crippen LogP contribution is -2.58. The summed E-state index contributed by atoms with van der Waals surface area (Å²) >= 11 is 6.03. The fourth-order valence-corrected chi connectivity index (χ4v) is 4.91. The first-order valence-electron chi connectivity index (χ1n) is 8.49. The Morgan fingerprint density at radius 2 is 1.92 bits per heavy atom. The molecule has 0 aliphatic carbocycles. The second kappa shape index (κ2) is 8.91. The van der Waals surface area contributed by atoms with Gasteiger partial charge in [-0.3, -0.25) is 4.79 Å². The molecule has 0 aromatic heterocycles. The van der Waals surface area contributed by atoms with Gasteiger partial charge >= 0.3 is 0 Å². The van der Waals surface area contributed by atoms with Crippen LogP contribution >= 0.6 is 24.0 Å². The van der Waals surface area contributed by atoms with Gasteiger partial charge in [-0.2, -0.15) is 0 Å². The van der Waals surface area contributed by atoms with Crippen molar-refractivity contribution < 1.29 is 13.2 Å². The number of rotatable bonds is 6. The van der Waals surface area contributed by atoms with E-state index >= 15 is 0 Å². The van der Waals surface area contributed by atoms with Crippen molar-refractivity contribution in [3.05, 3.63) is 34.9 Å². The molecule has 5 nitrogen and oxygen atoms in total. The molecule has 1 fully saturated rings. The lowest BCUT2D eigenvalue weighted by Gasteiger charge is -2.35. The molecule has 0 bridgehead atoms. The highest BCUT2D eigenvalue weighted by Gasteiger charge is 2.48. The average molecular weight is 423 g/mol. The molecule has 1 aromatic rings. The molecule has 1 saturated heterocycles. The van der Waals surface area contributed by atoms with Crippen molar-refractivity contribution in [2.45, 2.75) is 37.9 Å². The number of amides is 1. The molecular formula is C18H28Cl2N2O3S. The SMILES string of the molecule is CC(C)(CNC(=O)C1(S(C)(=O)=O)CCNCC1)Cc1cccc(Cl)c1.Cl. The van der Waals surface area contributed by atoms with Crippen LogP contribution in [0.25, 0.3) is 0 Å². The third-order valence-electron chi connectivity index (χ3n) is 4.83. The molecule has 0 spiro atoms. The first-order chi connectivity index (χ1) is 11.6. The highest BCUT2D eigenvalue weighted by atomic mass is 35.5. The van der Waals surface area contributed by atoms with Gasteiger partial charge in [0.2, 0.25) is 5.91 Å². The number of piperidine rings is 1. The van der Waals surface area contributed by atoms with E-state index in [1.54, 1.807) is 0 Å². The Labute approximate surface area is 167 Å². The molecule has 1 amide bonds. The van der Waals surface area contributed by atoms with Crippen molar-refractivity contribution in [2.75, 3.05) is 25.9 Å². The molecule has 2 rings (SSSR count). The third-order valence-corrected chi connectivity index (χ3v) is 7.08. The summed E-state index contributed by atoms with van der Waals surface area (Å²) in [5.41, 5.74) is 0.873. The largest absolute Gasteiger partial charge is 0.354 e. The summed E-state index contributed by atoms with van der Waals surface area (Å²) < 4.78 is 23.3. The summed E-state index contributed by atoms with van der Waals surface area (Å²) in [7, 11) is -3.49. The number of carbonyl (C=O) groups is 1. The van der Waals surface area contributed by atoms with E-state index in [2.05, 4.69) is 10.6 Å². The zero-order chi connectivity index (χ0) is 18.7. The summed E-state index contributed by atoms with van der Waals surface area (Å²) in [6, 6.07) is 7.64. The van der Waals surface area contributed by atoms with Crippen LogP contribution in [0.15, 0.2) is 24.3 Å². The fourth-order valence-electron chi connectivity index (χ4n) is 3.34. The van der Waals surface area contributed by atoms with Gasteiger partial charge in [0.05, 0.1) is 0 Å². The Hall–Kier alpha value is -0.820. The molecule has 1 aliphatic heterocycles. The molecule has 2 N–H and O–H groups in total. The minimum absolute atomic E-state index is 0. The maximum Gasteiger partial charge on any atom is 0.241 e. The second-order valence-electron chi connectivity index (χ2n) is 7.67. The average Bonchev–Trinajstić information content (AvgIpc) is 2.52. The van der Waals surface area contributed by atoms with Crippen LogP contribution in [0.1, 0.15) is 32.3 Å². The molecular weight excluding hydrogens is 395 g/mol. The molecule has 1 aromatic carbocycles. The molecule has 0 radical (unpaired) electrons. The van der Waals surface area contributed by atoms with Crippen molar-refractivity contribution in [2.24, 2.45) is 5.41 Å². The molecule has 26 heavy (non-hydrogen) atoms. The fraction of sp³-hybridized carbons (Fsp3) is 0.611. The van der Waals surface area contributed by atoms with Crippen LogP contribution < -0.4 is 10.6 Å². The van der Waals surface area contributed by atoms with Gasteiger partial charge in [-0.25, -0.2) is 8.42 Å². The standard InChI is InChI=1S/C18H27ClN2O3S.ClH/c1-17(2,12-14-5-4-6-15(19)11-14)13-21-16(22)18(25(3,23)24)7-9-20-10-8-18;/h4-6,11,20H,7-10,12-13H2,1-3H3,(H,21,22);1H. The number of benzene rings is 1. The Kier molecular flexibility index (Phi) is 7.96. The van der Waals surface area contributed by atoms with Crippen molar-refractivity contribution in [3.8, 4) is 0 Å². The van der Waals surface area contributed by atoms with E-state index in [4.69, 9.17) is 11.6 Å². The van der Waals surface area contributed by atoms with Gasteiger partial charge in [0.15, 0.2) is 14.6 Å². The van der Waals surface area contributed by atoms with Gasteiger partial charge in [0.25, 0.3) is 0 Å². The van der Waals surface area contributed by atoms with Crippen LogP contribution in [0, 0.1) is 5.41 Å². The van der Waals surface area contributed by atoms with Crippen LogP contribution in [0.5, 0.6) is 0 Å². The summed E-state index contributed by atoms with van der Waals surface area (Å²) in [6.07, 6.45) is 2.52. The smallest absolute Gasteiger partial charge is 0.241 e. The van der Waals surface area contributed by atoms with Gasteiger partial charge in [0.1, 0.15) is 0 Å². The zero-order valence-corrected chi connectivity index (χ0v) is 17.9. The predicted molar refractivity (Wildman–Crippen MR) is 109 cm³/mol. The van der Waals surface area contributed by atoms with Gasteiger partial charge in [-0.1, -0.05) is 37.6 Å². The summed E-state index contributed by atoms with van der Waals surface area (Å²) in [5, 5.41) is 6.70. The van der Waals surface area contributed by atoms with Crippen LogP contribution in [0.2, 0.25) is 5.02 Å². The topological polar surface area (TPSA) is 75.3 Å². The molecule has 0 unspecified atom stereocenters. The molecule has 0 saturated carbocycles. The summed E-state index contributed by atoms with van der Waals surface area (Å²) in [5.74, 6) is -0.379. The van der Waals surface area contributed by atoms with Gasteiger partial charge in [-0.15, -0.1) is 12.4 Å². The van der Waals surface area contributed by atoms with E-state index in [0.717, 1.165) is 18.2 Å². The summed E-state index contributed by atoms with van der Waals surface area (Å²) in [6.45, 7) is 5.56. The van der Waals surface area contributed by atoms with Crippen LogP contribution in [-0.4, -0.2) is 45.0 Å². The maximum atomic E-state index is 12.8. The molecule has 1 heterocycles. The normalized spacial score (nSPS) is 17.2. The predicted octanol–water partition coefficient (Wildman–Crippen LogP) is 2.61. The van der Waals surface area contributed by atoms with Crippen molar-refractivity contribution in [1.82, 2.24) is 10.6 Å². The number of hydrogen-bond donors (Lipinski definition) is 2. The molecule has 148 valence electrons. The van der Waals surface area contributed by atoms with E-state index in [1.165, 1.54) is 0 Å². The minimum atomic E-state index is -3.49. The Balaban J connectivity index is 0.00000338. The van der Waals surface area contributed by atoms with Crippen LogP contribution in [0.3, 0.4) is 0 Å². The molecule has 0 atom stereocenters. The van der Waals surface area contributed by atoms with E-state index in [-0.39, 0.29) is 23.7 Å². The van der Waals surface area contributed by atoms with Crippen LogP contribution in [0.4, 0.5) is 0 Å². The minimum Gasteiger partial charge on any atom is -0.354 e. The molecule has 1 aliphatic rings. The van der Waals surface area contributed by atoms with Gasteiger partial charge < -0.3 is 10.6 Å². The van der Waals surface area contributed by atoms with E-state index in [0.29, 0.717) is 37.5 Å². The van der Waals surface area contributed by atoms with E-state index < -0.39 is 14.6 Å². The summed E-state index contributed by atoms with van der Waals surface area (Å²) in [4.78, 5) is 12.8. The van der Waals surface area contributed by atoms with Gasteiger partial charge in [0, 0.05) is 17.8 Å². The van der Waals surface area contributed by atoms with Crippen molar-refractivity contribution in [3.63, 3.8) is 0 Å². The number of sulfone groups is 1. The number of nitrogens with one attached hydrogen (secondary N) is 2. The van der Waals surface area contributed by atoms with E-state index in [1.807, 2.05) is 38.1 Å². The Bertz CT molecular complexity index is 730. The highest BCUT2D eigenvalue weighted by Crippen LogP contribution is 2.29. The quantitative estimate of drug-likeness (QED) is 0.738. The van der Waals surface area contributed by atoms with Crippen LogP contribution in [-0.2, 0) is 21.1 Å². The third kappa shape index (κ3) is 5.59. The maximum absolute atomic E-state index is 12.8. The Morgan fingerprint density at radius 3 is 2.46 bits per heavy atom. The van der Waals surface area contributed by atoms with Gasteiger partial charge in [-0.05, 0) is 55.5 Å². The van der Waals surface area contributed by atoms with Crippen molar-refractivity contribution >= 4 is 39.8 Å². The molecule has 8 heteroatoms. The Morgan fingerprint density at radius 1 is 1.31 bits per heavy atom. The lowest BCUT2D eigenvalue weighted by atomic mass is 9.85. The second-order valence-corrected chi connectivity index (χ2v) is 10.4. The number of carbonyl (C=O) groups excluding carboxylic acids is 1. The van der Waals surface area contributed by atoms with Crippen molar-refractivity contribution in [1.29, 1.82) is 0 Å². The van der Waals surface area contributed by atoms with E-state index in [9.17, 15) is 13.2 Å². The first-order valence-corrected chi connectivity index (χ1v) is 10.8. The number of hydrogen-bond acceptors (Lipinski definition) is 4. The first kappa shape index (κ1) is 23.2.